The summed E-state index contributed by atoms with van der Waals surface area (Å²) in [6.07, 6.45) is 0.854. The third-order valence-electron chi connectivity index (χ3n) is 1.11. The molecule has 52 valence electrons. The average Bonchev–Trinajstić information content (AvgIpc) is 1.63. The Kier molecular flexibility index (Phi) is 3.07. The number of rotatable bonds is 2. The number of nitriles is 1. The van der Waals surface area contributed by atoms with E-state index < -0.39 is 0 Å². The normalized spacial score (nSPS) is 14.6. The molecule has 0 bridgehead atoms. The topological polar surface area (TPSA) is 23.8 Å². The van der Waals surface area contributed by atoms with E-state index in [0.717, 1.165) is 6.42 Å². The lowest BCUT2D eigenvalue weighted by Gasteiger charge is -2.16. The summed E-state index contributed by atoms with van der Waals surface area (Å²) >= 11 is 4.19. The van der Waals surface area contributed by atoms with Crippen molar-refractivity contribution >= 4 is 12.6 Å². The minimum Gasteiger partial charge on any atom is -0.198 e. The van der Waals surface area contributed by atoms with Gasteiger partial charge in [-0.25, -0.2) is 0 Å². The molecule has 0 aromatic heterocycles. The van der Waals surface area contributed by atoms with Crippen LogP contribution in [0.25, 0.3) is 0 Å². The summed E-state index contributed by atoms with van der Waals surface area (Å²) in [4.78, 5) is 0. The zero-order chi connectivity index (χ0) is 7.49. The molecule has 0 aromatic rings. The van der Waals surface area contributed by atoms with Crippen molar-refractivity contribution in [1.29, 1.82) is 5.26 Å². The van der Waals surface area contributed by atoms with Crippen LogP contribution < -0.4 is 0 Å². The summed E-state index contributed by atoms with van der Waals surface area (Å²) in [5.41, 5.74) is -0.207. The van der Waals surface area contributed by atoms with E-state index in [1.54, 1.807) is 0 Å². The van der Waals surface area contributed by atoms with Gasteiger partial charge in [-0.3, -0.25) is 0 Å². The van der Waals surface area contributed by atoms with Crippen LogP contribution in [0.2, 0.25) is 0 Å². The van der Waals surface area contributed by atoms with Crippen molar-refractivity contribution in [3.05, 3.63) is 0 Å². The first-order valence-electron chi connectivity index (χ1n) is 3.07. The molecule has 0 aliphatic rings. The summed E-state index contributed by atoms with van der Waals surface area (Å²) in [6, 6.07) is 2.22. The molecule has 0 fully saturated rings. The number of hydrogen-bond donors (Lipinski definition) is 1. The van der Waals surface area contributed by atoms with Crippen LogP contribution >= 0.6 is 12.6 Å². The first kappa shape index (κ1) is 8.84. The quantitative estimate of drug-likeness (QED) is 0.589. The van der Waals surface area contributed by atoms with E-state index in [4.69, 9.17) is 5.26 Å². The third kappa shape index (κ3) is 4.35. The molecule has 0 saturated carbocycles. The highest BCUT2D eigenvalue weighted by molar-refractivity contribution is 7.80. The number of hydrogen-bond acceptors (Lipinski definition) is 2. The summed E-state index contributed by atoms with van der Waals surface area (Å²) in [5.74, 6) is 0. The molecule has 0 aliphatic carbocycles. The van der Waals surface area contributed by atoms with Crippen LogP contribution in [0.15, 0.2) is 0 Å². The molecule has 9 heavy (non-hydrogen) atoms. The lowest BCUT2D eigenvalue weighted by atomic mass is 9.90. The molecular weight excluding hydrogens is 130 g/mol. The lowest BCUT2D eigenvalue weighted by Crippen LogP contribution is -2.12. The van der Waals surface area contributed by atoms with E-state index in [0.29, 0.717) is 5.25 Å². The Hall–Kier alpha value is -0.160. The van der Waals surface area contributed by atoms with Crippen molar-refractivity contribution in [2.45, 2.75) is 32.4 Å². The van der Waals surface area contributed by atoms with Gasteiger partial charge in [-0.05, 0) is 20.3 Å². The second-order valence-corrected chi connectivity index (χ2v) is 3.93. The standard InChI is InChI=1S/C7H13NS/c1-6(9)4-7(2,3)5-8/h6,9H,4H2,1-3H3. The second kappa shape index (κ2) is 3.12. The first-order valence-corrected chi connectivity index (χ1v) is 3.59. The summed E-state index contributed by atoms with van der Waals surface area (Å²) in [7, 11) is 0. The highest BCUT2D eigenvalue weighted by atomic mass is 32.1. The van der Waals surface area contributed by atoms with Gasteiger partial charge < -0.3 is 0 Å². The van der Waals surface area contributed by atoms with Crippen molar-refractivity contribution in [3.8, 4) is 6.07 Å². The molecule has 2 heteroatoms. The van der Waals surface area contributed by atoms with Gasteiger partial charge in [-0.15, -0.1) is 0 Å². The fourth-order valence-electron chi connectivity index (χ4n) is 0.784. The second-order valence-electron chi connectivity index (χ2n) is 3.05. The van der Waals surface area contributed by atoms with Crippen LogP contribution in [0.4, 0.5) is 0 Å². The van der Waals surface area contributed by atoms with E-state index >= 15 is 0 Å². The molecule has 0 rings (SSSR count). The maximum atomic E-state index is 8.56. The van der Waals surface area contributed by atoms with Crippen molar-refractivity contribution in [3.63, 3.8) is 0 Å². The van der Waals surface area contributed by atoms with E-state index in [2.05, 4.69) is 18.7 Å². The van der Waals surface area contributed by atoms with Gasteiger partial charge in [0.15, 0.2) is 0 Å². The van der Waals surface area contributed by atoms with Crippen LogP contribution in [-0.2, 0) is 0 Å². The lowest BCUT2D eigenvalue weighted by molar-refractivity contribution is 0.453. The minimum atomic E-state index is -0.207. The van der Waals surface area contributed by atoms with Gasteiger partial charge >= 0.3 is 0 Å². The first-order chi connectivity index (χ1) is 3.98. The van der Waals surface area contributed by atoms with E-state index in [9.17, 15) is 0 Å². The van der Waals surface area contributed by atoms with Crippen molar-refractivity contribution in [2.75, 3.05) is 0 Å². The molecule has 0 aromatic carbocycles. The van der Waals surface area contributed by atoms with Crippen LogP contribution in [0.5, 0.6) is 0 Å². The SMILES string of the molecule is CC(S)CC(C)(C)C#N. The summed E-state index contributed by atoms with van der Waals surface area (Å²) in [6.45, 7) is 5.86. The van der Waals surface area contributed by atoms with E-state index in [1.165, 1.54) is 0 Å². The predicted molar refractivity (Wildman–Crippen MR) is 42.5 cm³/mol. The number of thiol groups is 1. The van der Waals surface area contributed by atoms with Crippen molar-refractivity contribution < 1.29 is 0 Å². The maximum absolute atomic E-state index is 8.56. The smallest absolute Gasteiger partial charge is 0.0684 e. The summed E-state index contributed by atoms with van der Waals surface area (Å²) < 4.78 is 0. The van der Waals surface area contributed by atoms with Crippen molar-refractivity contribution in [2.24, 2.45) is 5.41 Å². The molecule has 0 radical (unpaired) electrons. The Morgan fingerprint density at radius 3 is 2.22 bits per heavy atom. The van der Waals surface area contributed by atoms with Gasteiger partial charge in [0.1, 0.15) is 0 Å². The van der Waals surface area contributed by atoms with Crippen LogP contribution in [0, 0.1) is 16.7 Å². The van der Waals surface area contributed by atoms with Gasteiger partial charge in [-0.1, -0.05) is 6.92 Å². The molecule has 1 atom stereocenters. The number of nitrogens with zero attached hydrogens (tertiary/aromatic N) is 1. The molecule has 0 saturated heterocycles. The zero-order valence-corrected chi connectivity index (χ0v) is 7.07. The van der Waals surface area contributed by atoms with Gasteiger partial charge in [0.2, 0.25) is 0 Å². The van der Waals surface area contributed by atoms with Gasteiger partial charge in [0.25, 0.3) is 0 Å². The Morgan fingerprint density at radius 1 is 1.67 bits per heavy atom. The van der Waals surface area contributed by atoms with Crippen molar-refractivity contribution in [1.82, 2.24) is 0 Å². The maximum Gasteiger partial charge on any atom is 0.0684 e. The fourth-order valence-corrected chi connectivity index (χ4v) is 1.24. The monoisotopic (exact) mass is 143 g/mol. The largest absolute Gasteiger partial charge is 0.198 e. The zero-order valence-electron chi connectivity index (χ0n) is 6.18. The Balaban J connectivity index is 3.76. The van der Waals surface area contributed by atoms with Gasteiger partial charge in [0.05, 0.1) is 11.5 Å². The minimum absolute atomic E-state index is 0.207. The van der Waals surface area contributed by atoms with Gasteiger partial charge in [-0.2, -0.15) is 17.9 Å². The third-order valence-corrected chi connectivity index (χ3v) is 1.29. The molecule has 1 unspecified atom stereocenters. The highest BCUT2D eigenvalue weighted by Gasteiger charge is 2.17. The highest BCUT2D eigenvalue weighted by Crippen LogP contribution is 2.22. The molecule has 1 nitrogen and oxygen atoms in total. The van der Waals surface area contributed by atoms with Gasteiger partial charge in [0, 0.05) is 5.25 Å². The molecule has 0 aliphatic heterocycles. The van der Waals surface area contributed by atoms with Crippen LogP contribution in [0.1, 0.15) is 27.2 Å². The Morgan fingerprint density at radius 2 is 2.11 bits per heavy atom. The fraction of sp³-hybridized carbons (Fsp3) is 0.857. The molecule has 0 amide bonds. The molecule has 0 N–H and O–H groups in total. The van der Waals surface area contributed by atoms with Crippen LogP contribution in [0.3, 0.4) is 0 Å². The average molecular weight is 143 g/mol. The Labute approximate surface area is 62.5 Å². The predicted octanol–water partition coefficient (Wildman–Crippen LogP) is 2.24. The van der Waals surface area contributed by atoms with E-state index in [-0.39, 0.29) is 5.41 Å². The Bertz CT molecular complexity index is 121. The van der Waals surface area contributed by atoms with E-state index in [1.807, 2.05) is 20.8 Å². The molecule has 0 heterocycles. The summed E-state index contributed by atoms with van der Waals surface area (Å²) in [5, 5.41) is 8.88. The molecular formula is C7H13NS. The molecule has 0 spiro atoms. The van der Waals surface area contributed by atoms with Crippen LogP contribution in [-0.4, -0.2) is 5.25 Å².